The molecule has 0 fully saturated rings. The van der Waals surface area contributed by atoms with Gasteiger partial charge in [-0.2, -0.15) is 0 Å². The molecule has 0 radical (unpaired) electrons. The van der Waals surface area contributed by atoms with Crippen LogP contribution in [0.5, 0.6) is 5.75 Å². The Labute approximate surface area is 116 Å². The van der Waals surface area contributed by atoms with Crippen LogP contribution in [0.1, 0.15) is 37.4 Å². The quantitative estimate of drug-likeness (QED) is 0.724. The van der Waals surface area contributed by atoms with E-state index in [-0.39, 0.29) is 28.4 Å². The Balaban J connectivity index is 2.28. The van der Waals surface area contributed by atoms with Gasteiger partial charge in [-0.1, -0.05) is 36.4 Å². The van der Waals surface area contributed by atoms with E-state index in [1.54, 1.807) is 42.5 Å². The van der Waals surface area contributed by atoms with Crippen molar-refractivity contribution in [1.29, 1.82) is 0 Å². The van der Waals surface area contributed by atoms with Crippen molar-refractivity contribution in [1.82, 2.24) is 0 Å². The van der Waals surface area contributed by atoms with Gasteiger partial charge >= 0.3 is 0 Å². The first-order chi connectivity index (χ1) is 9.65. The van der Waals surface area contributed by atoms with Gasteiger partial charge in [0.15, 0.2) is 11.6 Å². The Bertz CT molecular complexity index is 757. The standard InChI is InChI=1S/C17H12O3/c1-2-5-10-8-9-13-14(15(10)18)17(20)12-7-4-3-6-11(12)16(13)19/h2-4,6-9,18H,1,5H2. The first-order valence-corrected chi connectivity index (χ1v) is 6.29. The van der Waals surface area contributed by atoms with Gasteiger partial charge in [0, 0.05) is 16.7 Å². The highest BCUT2D eigenvalue weighted by Crippen LogP contribution is 2.35. The lowest BCUT2D eigenvalue weighted by Gasteiger charge is -2.19. The Morgan fingerprint density at radius 1 is 0.950 bits per heavy atom. The number of carbonyl (C=O) groups excluding carboxylic acids is 2. The van der Waals surface area contributed by atoms with Crippen molar-refractivity contribution < 1.29 is 14.7 Å². The Kier molecular flexibility index (Phi) is 2.75. The highest BCUT2D eigenvalue weighted by Gasteiger charge is 2.32. The summed E-state index contributed by atoms with van der Waals surface area (Å²) in [6, 6.07) is 9.94. The molecule has 3 rings (SSSR count). The van der Waals surface area contributed by atoms with Crippen molar-refractivity contribution in [3.8, 4) is 5.75 Å². The zero-order chi connectivity index (χ0) is 14.3. The second-order valence-electron chi connectivity index (χ2n) is 4.69. The Morgan fingerprint density at radius 3 is 2.25 bits per heavy atom. The van der Waals surface area contributed by atoms with Crippen molar-refractivity contribution in [3.05, 3.63) is 76.9 Å². The largest absolute Gasteiger partial charge is 0.507 e. The van der Waals surface area contributed by atoms with Crippen LogP contribution in [0.25, 0.3) is 0 Å². The van der Waals surface area contributed by atoms with Crippen LogP contribution in [0.2, 0.25) is 0 Å². The molecule has 0 heterocycles. The monoisotopic (exact) mass is 264 g/mol. The predicted octanol–water partition coefficient (Wildman–Crippen LogP) is 2.90. The third-order valence-electron chi connectivity index (χ3n) is 3.51. The molecule has 0 spiro atoms. The fraction of sp³-hybridized carbons (Fsp3) is 0.0588. The van der Waals surface area contributed by atoms with Crippen LogP contribution in [-0.4, -0.2) is 16.7 Å². The lowest BCUT2D eigenvalue weighted by atomic mass is 9.82. The number of hydrogen-bond acceptors (Lipinski definition) is 3. The van der Waals surface area contributed by atoms with Gasteiger partial charge in [-0.05, 0) is 18.1 Å². The third kappa shape index (κ3) is 1.60. The first-order valence-electron chi connectivity index (χ1n) is 6.29. The molecule has 0 saturated heterocycles. The van der Waals surface area contributed by atoms with E-state index < -0.39 is 0 Å². The normalized spacial score (nSPS) is 12.8. The Morgan fingerprint density at radius 2 is 1.60 bits per heavy atom. The van der Waals surface area contributed by atoms with E-state index in [1.165, 1.54) is 0 Å². The molecular weight excluding hydrogens is 252 g/mol. The first kappa shape index (κ1) is 12.4. The molecule has 0 amide bonds. The van der Waals surface area contributed by atoms with Crippen LogP contribution in [0.4, 0.5) is 0 Å². The summed E-state index contributed by atoms with van der Waals surface area (Å²) < 4.78 is 0. The summed E-state index contributed by atoms with van der Waals surface area (Å²) in [6.07, 6.45) is 2.09. The van der Waals surface area contributed by atoms with Gasteiger partial charge in [-0.3, -0.25) is 9.59 Å². The third-order valence-corrected chi connectivity index (χ3v) is 3.51. The average Bonchev–Trinajstić information content (AvgIpc) is 2.47. The summed E-state index contributed by atoms with van der Waals surface area (Å²) in [5.74, 6) is -0.649. The van der Waals surface area contributed by atoms with E-state index in [4.69, 9.17) is 0 Å². The number of phenolic OH excluding ortho intramolecular Hbond substituents is 1. The van der Waals surface area contributed by atoms with E-state index in [0.717, 1.165) is 0 Å². The van der Waals surface area contributed by atoms with Gasteiger partial charge < -0.3 is 5.11 Å². The van der Waals surface area contributed by atoms with E-state index in [2.05, 4.69) is 6.58 Å². The van der Waals surface area contributed by atoms with Crippen LogP contribution < -0.4 is 0 Å². The molecule has 1 aliphatic carbocycles. The molecule has 0 bridgehead atoms. The zero-order valence-electron chi connectivity index (χ0n) is 10.7. The van der Waals surface area contributed by atoms with Crippen molar-refractivity contribution >= 4 is 11.6 Å². The van der Waals surface area contributed by atoms with Gasteiger partial charge in [0.25, 0.3) is 0 Å². The fourth-order valence-electron chi connectivity index (χ4n) is 2.53. The summed E-state index contributed by atoms with van der Waals surface area (Å²) in [4.78, 5) is 24.9. The molecular formula is C17H12O3. The molecule has 98 valence electrons. The van der Waals surface area contributed by atoms with E-state index in [0.29, 0.717) is 23.1 Å². The molecule has 0 aromatic heterocycles. The number of ketones is 2. The van der Waals surface area contributed by atoms with Crippen LogP contribution in [0.3, 0.4) is 0 Å². The van der Waals surface area contributed by atoms with E-state index >= 15 is 0 Å². The minimum Gasteiger partial charge on any atom is -0.507 e. The summed E-state index contributed by atoms with van der Waals surface area (Å²) in [6.45, 7) is 3.62. The van der Waals surface area contributed by atoms with Crippen LogP contribution in [0, 0.1) is 0 Å². The minimum absolute atomic E-state index is 0.105. The number of rotatable bonds is 2. The molecule has 2 aromatic rings. The van der Waals surface area contributed by atoms with Gasteiger partial charge in [0.1, 0.15) is 5.75 Å². The lowest BCUT2D eigenvalue weighted by molar-refractivity contribution is 0.0976. The minimum atomic E-state index is -0.307. The molecule has 0 atom stereocenters. The molecule has 0 unspecified atom stereocenters. The number of phenols is 1. The molecule has 20 heavy (non-hydrogen) atoms. The molecule has 3 heteroatoms. The van der Waals surface area contributed by atoms with Crippen molar-refractivity contribution in [2.24, 2.45) is 0 Å². The second kappa shape index (κ2) is 4.46. The Hall–Kier alpha value is -2.68. The topological polar surface area (TPSA) is 54.4 Å². The van der Waals surface area contributed by atoms with Gasteiger partial charge in [-0.15, -0.1) is 6.58 Å². The van der Waals surface area contributed by atoms with E-state index in [1.807, 2.05) is 0 Å². The molecule has 0 aliphatic heterocycles. The summed E-state index contributed by atoms with van der Waals surface area (Å²) in [5.41, 5.74) is 1.70. The zero-order valence-corrected chi connectivity index (χ0v) is 10.7. The molecule has 2 aromatic carbocycles. The van der Waals surface area contributed by atoms with Crippen LogP contribution >= 0.6 is 0 Å². The maximum absolute atomic E-state index is 12.5. The number of fused-ring (bicyclic) bond motifs is 2. The summed E-state index contributed by atoms with van der Waals surface area (Å²) in [5, 5.41) is 10.3. The van der Waals surface area contributed by atoms with E-state index in [9.17, 15) is 14.7 Å². The highest BCUT2D eigenvalue weighted by molar-refractivity contribution is 6.29. The number of carbonyl (C=O) groups is 2. The predicted molar refractivity (Wildman–Crippen MR) is 75.3 cm³/mol. The SMILES string of the molecule is C=CCc1ccc2c(c1O)C(=O)c1ccccc1C2=O. The van der Waals surface area contributed by atoms with Crippen molar-refractivity contribution in [3.63, 3.8) is 0 Å². The maximum Gasteiger partial charge on any atom is 0.198 e. The average molecular weight is 264 g/mol. The molecule has 0 saturated carbocycles. The van der Waals surface area contributed by atoms with Crippen molar-refractivity contribution in [2.75, 3.05) is 0 Å². The molecule has 3 nitrogen and oxygen atoms in total. The van der Waals surface area contributed by atoms with Crippen LogP contribution in [-0.2, 0) is 6.42 Å². The number of aromatic hydroxyl groups is 1. The number of hydrogen-bond donors (Lipinski definition) is 1. The summed E-state index contributed by atoms with van der Waals surface area (Å²) >= 11 is 0. The number of allylic oxidation sites excluding steroid dienone is 1. The number of benzene rings is 2. The fourth-order valence-corrected chi connectivity index (χ4v) is 2.53. The maximum atomic E-state index is 12.5. The smallest absolute Gasteiger partial charge is 0.198 e. The van der Waals surface area contributed by atoms with Gasteiger partial charge in [0.2, 0.25) is 0 Å². The summed E-state index contributed by atoms with van der Waals surface area (Å²) in [7, 11) is 0. The second-order valence-corrected chi connectivity index (χ2v) is 4.69. The molecule has 1 N–H and O–H groups in total. The van der Waals surface area contributed by atoms with Gasteiger partial charge in [0.05, 0.1) is 5.56 Å². The highest BCUT2D eigenvalue weighted by atomic mass is 16.3. The van der Waals surface area contributed by atoms with Gasteiger partial charge in [-0.25, -0.2) is 0 Å². The van der Waals surface area contributed by atoms with Crippen molar-refractivity contribution in [2.45, 2.75) is 6.42 Å². The molecule has 1 aliphatic rings. The lowest BCUT2D eigenvalue weighted by Crippen LogP contribution is -2.21. The van der Waals surface area contributed by atoms with Crippen LogP contribution in [0.15, 0.2) is 49.1 Å².